The number of benzene rings is 2. The first kappa shape index (κ1) is 11.0. The standard InChI is InChI=1S/C15H12FNO/c16-13-8-4-3-7-12(13)14-11-6-2-1-5-10(11)9-17-15(14)18/h1-8,14H,9H2,(H,17,18). The normalized spacial score (nSPS) is 18.1. The van der Waals surface area contributed by atoms with E-state index in [9.17, 15) is 9.18 Å². The zero-order chi connectivity index (χ0) is 12.5. The molecule has 0 saturated heterocycles. The molecule has 1 heterocycles. The van der Waals surface area contributed by atoms with Gasteiger partial charge in [0.15, 0.2) is 0 Å². The number of hydrogen-bond donors (Lipinski definition) is 1. The van der Waals surface area contributed by atoms with Crippen LogP contribution in [0.15, 0.2) is 48.5 Å². The lowest BCUT2D eigenvalue weighted by molar-refractivity contribution is -0.122. The van der Waals surface area contributed by atoms with Crippen LogP contribution in [-0.4, -0.2) is 5.91 Å². The van der Waals surface area contributed by atoms with E-state index >= 15 is 0 Å². The fourth-order valence-corrected chi connectivity index (χ4v) is 2.42. The minimum atomic E-state index is -0.545. The van der Waals surface area contributed by atoms with Crippen molar-refractivity contribution < 1.29 is 9.18 Å². The summed E-state index contributed by atoms with van der Waals surface area (Å²) in [5.74, 6) is -1.02. The van der Waals surface area contributed by atoms with Gasteiger partial charge in [-0.2, -0.15) is 0 Å². The molecule has 3 rings (SSSR count). The van der Waals surface area contributed by atoms with Gasteiger partial charge in [0.05, 0.1) is 5.92 Å². The molecule has 0 fully saturated rings. The Hall–Kier alpha value is -2.16. The van der Waals surface area contributed by atoms with Gasteiger partial charge < -0.3 is 5.32 Å². The largest absolute Gasteiger partial charge is 0.351 e. The van der Waals surface area contributed by atoms with Crippen LogP contribution in [0.3, 0.4) is 0 Å². The predicted octanol–water partition coefficient (Wildman–Crippen LogP) is 2.59. The van der Waals surface area contributed by atoms with Crippen molar-refractivity contribution in [2.45, 2.75) is 12.5 Å². The van der Waals surface area contributed by atoms with Crippen molar-refractivity contribution in [1.29, 1.82) is 0 Å². The molecule has 1 N–H and O–H groups in total. The maximum atomic E-state index is 13.9. The first-order chi connectivity index (χ1) is 8.77. The topological polar surface area (TPSA) is 29.1 Å². The summed E-state index contributed by atoms with van der Waals surface area (Å²) in [5.41, 5.74) is 2.37. The highest BCUT2D eigenvalue weighted by Crippen LogP contribution is 2.32. The second-order valence-electron chi connectivity index (χ2n) is 4.37. The Morgan fingerprint density at radius 2 is 1.67 bits per heavy atom. The molecule has 1 aliphatic rings. The lowest BCUT2D eigenvalue weighted by Crippen LogP contribution is -2.35. The molecule has 3 heteroatoms. The average Bonchev–Trinajstić information content (AvgIpc) is 2.40. The van der Waals surface area contributed by atoms with Crippen molar-refractivity contribution in [1.82, 2.24) is 5.32 Å². The molecule has 1 aliphatic heterocycles. The van der Waals surface area contributed by atoms with E-state index in [1.165, 1.54) is 6.07 Å². The van der Waals surface area contributed by atoms with Gasteiger partial charge in [0.2, 0.25) is 5.91 Å². The van der Waals surface area contributed by atoms with Crippen molar-refractivity contribution >= 4 is 5.91 Å². The molecule has 0 spiro atoms. The number of fused-ring (bicyclic) bond motifs is 1. The van der Waals surface area contributed by atoms with E-state index in [-0.39, 0.29) is 11.7 Å². The summed E-state index contributed by atoms with van der Waals surface area (Å²) in [7, 11) is 0. The van der Waals surface area contributed by atoms with Crippen LogP contribution in [0.5, 0.6) is 0 Å². The minimum Gasteiger partial charge on any atom is -0.351 e. The maximum Gasteiger partial charge on any atom is 0.232 e. The molecule has 0 bridgehead atoms. The molecule has 2 nitrogen and oxygen atoms in total. The number of nitrogens with one attached hydrogen (secondary N) is 1. The summed E-state index contributed by atoms with van der Waals surface area (Å²) in [5, 5.41) is 2.81. The van der Waals surface area contributed by atoms with Gasteiger partial charge in [0.25, 0.3) is 0 Å². The number of hydrogen-bond acceptors (Lipinski definition) is 1. The van der Waals surface area contributed by atoms with Crippen molar-refractivity contribution in [2.24, 2.45) is 0 Å². The molecule has 0 aromatic heterocycles. The fourth-order valence-electron chi connectivity index (χ4n) is 2.42. The fraction of sp³-hybridized carbons (Fsp3) is 0.133. The van der Waals surface area contributed by atoms with E-state index in [4.69, 9.17) is 0 Å². The maximum absolute atomic E-state index is 13.9. The van der Waals surface area contributed by atoms with E-state index in [2.05, 4.69) is 5.32 Å². The molecule has 0 radical (unpaired) electrons. The van der Waals surface area contributed by atoms with E-state index in [1.807, 2.05) is 24.3 Å². The molecular formula is C15H12FNO. The zero-order valence-corrected chi connectivity index (χ0v) is 9.69. The second-order valence-corrected chi connectivity index (χ2v) is 4.37. The predicted molar refractivity (Wildman–Crippen MR) is 66.5 cm³/mol. The number of carbonyl (C=O) groups is 1. The summed E-state index contributed by atoms with van der Waals surface area (Å²) < 4.78 is 13.9. The van der Waals surface area contributed by atoms with Crippen LogP contribution in [-0.2, 0) is 11.3 Å². The molecule has 0 aliphatic carbocycles. The van der Waals surface area contributed by atoms with Gasteiger partial charge >= 0.3 is 0 Å². The quantitative estimate of drug-likeness (QED) is 0.817. The molecule has 1 unspecified atom stereocenters. The average molecular weight is 241 g/mol. The molecule has 18 heavy (non-hydrogen) atoms. The Morgan fingerprint density at radius 1 is 1.00 bits per heavy atom. The van der Waals surface area contributed by atoms with E-state index < -0.39 is 5.92 Å². The van der Waals surface area contributed by atoms with Gasteiger partial charge in [-0.15, -0.1) is 0 Å². The van der Waals surface area contributed by atoms with Gasteiger partial charge in [-0.25, -0.2) is 4.39 Å². The van der Waals surface area contributed by atoms with Crippen LogP contribution >= 0.6 is 0 Å². The number of rotatable bonds is 1. The van der Waals surface area contributed by atoms with Crippen LogP contribution in [0, 0.1) is 5.82 Å². The lowest BCUT2D eigenvalue weighted by atomic mass is 9.85. The Kier molecular flexibility index (Phi) is 2.59. The highest BCUT2D eigenvalue weighted by Gasteiger charge is 2.30. The highest BCUT2D eigenvalue weighted by atomic mass is 19.1. The molecular weight excluding hydrogens is 229 g/mol. The van der Waals surface area contributed by atoms with Gasteiger partial charge in [-0.1, -0.05) is 42.5 Å². The monoisotopic (exact) mass is 241 g/mol. The first-order valence-corrected chi connectivity index (χ1v) is 5.87. The van der Waals surface area contributed by atoms with Crippen LogP contribution in [0.1, 0.15) is 22.6 Å². The number of amides is 1. The molecule has 1 amide bonds. The lowest BCUT2D eigenvalue weighted by Gasteiger charge is -2.25. The molecule has 0 saturated carbocycles. The van der Waals surface area contributed by atoms with Gasteiger partial charge in [0.1, 0.15) is 5.82 Å². The van der Waals surface area contributed by atoms with E-state index in [0.29, 0.717) is 12.1 Å². The summed E-state index contributed by atoms with van der Waals surface area (Å²) in [6.07, 6.45) is 0. The summed E-state index contributed by atoms with van der Waals surface area (Å²) >= 11 is 0. The SMILES string of the molecule is O=C1NCc2ccccc2C1c1ccccc1F. The van der Waals surface area contributed by atoms with E-state index in [1.54, 1.807) is 18.2 Å². The zero-order valence-electron chi connectivity index (χ0n) is 9.69. The van der Waals surface area contributed by atoms with Gasteiger partial charge in [-0.3, -0.25) is 4.79 Å². The molecule has 1 atom stereocenters. The van der Waals surface area contributed by atoms with Crippen molar-refractivity contribution in [3.63, 3.8) is 0 Å². The molecule has 90 valence electrons. The number of halogens is 1. The Morgan fingerprint density at radius 3 is 2.44 bits per heavy atom. The smallest absolute Gasteiger partial charge is 0.232 e. The van der Waals surface area contributed by atoms with Gasteiger partial charge in [-0.05, 0) is 17.2 Å². The van der Waals surface area contributed by atoms with Crippen molar-refractivity contribution in [3.8, 4) is 0 Å². The first-order valence-electron chi connectivity index (χ1n) is 5.87. The summed E-state index contributed by atoms with van der Waals surface area (Å²) in [6, 6.07) is 14.1. The third-order valence-corrected chi connectivity index (χ3v) is 3.30. The van der Waals surface area contributed by atoms with Gasteiger partial charge in [0, 0.05) is 12.1 Å². The minimum absolute atomic E-state index is 0.140. The van der Waals surface area contributed by atoms with Crippen LogP contribution < -0.4 is 5.32 Å². The third-order valence-electron chi connectivity index (χ3n) is 3.30. The third kappa shape index (κ3) is 1.68. The Balaban J connectivity index is 2.17. The molecule has 2 aromatic rings. The Bertz CT molecular complexity index is 609. The van der Waals surface area contributed by atoms with Crippen molar-refractivity contribution in [2.75, 3.05) is 0 Å². The molecule has 2 aromatic carbocycles. The summed E-state index contributed by atoms with van der Waals surface area (Å²) in [6.45, 7) is 0.514. The van der Waals surface area contributed by atoms with E-state index in [0.717, 1.165) is 11.1 Å². The van der Waals surface area contributed by atoms with Crippen LogP contribution in [0.2, 0.25) is 0 Å². The van der Waals surface area contributed by atoms with Crippen LogP contribution in [0.25, 0.3) is 0 Å². The highest BCUT2D eigenvalue weighted by molar-refractivity contribution is 5.89. The number of carbonyl (C=O) groups excluding carboxylic acids is 1. The van der Waals surface area contributed by atoms with Crippen LogP contribution in [0.4, 0.5) is 4.39 Å². The summed E-state index contributed by atoms with van der Waals surface area (Å²) in [4.78, 5) is 12.0. The van der Waals surface area contributed by atoms with Crippen molar-refractivity contribution in [3.05, 3.63) is 71.0 Å². The second kappa shape index (κ2) is 4.26. The Labute approximate surface area is 104 Å².